The molecule has 0 aliphatic rings. The van der Waals surface area contributed by atoms with Crippen molar-refractivity contribution >= 4 is 33.4 Å². The number of hydrogen-bond acceptors (Lipinski definition) is 2. The van der Waals surface area contributed by atoms with Crippen LogP contribution >= 0.6 is 22.6 Å². The van der Waals surface area contributed by atoms with Crippen molar-refractivity contribution in [1.29, 1.82) is 0 Å². The SMILES string of the molecule is CO[C@@H](CS(=O)c1ccc(C)cc1)c1ccccc1I. The Hall–Kier alpha value is -0.720. The van der Waals surface area contributed by atoms with Gasteiger partial charge in [-0.2, -0.15) is 0 Å². The Morgan fingerprint density at radius 2 is 1.80 bits per heavy atom. The average molecular weight is 400 g/mol. The van der Waals surface area contributed by atoms with Crippen LogP contribution in [0.1, 0.15) is 17.2 Å². The van der Waals surface area contributed by atoms with Gasteiger partial charge in [-0.15, -0.1) is 0 Å². The number of halogens is 1. The van der Waals surface area contributed by atoms with Crippen LogP contribution in [0.3, 0.4) is 0 Å². The fraction of sp³-hybridized carbons (Fsp3) is 0.250. The molecule has 0 fully saturated rings. The molecule has 2 nitrogen and oxygen atoms in total. The predicted octanol–water partition coefficient (Wildman–Crippen LogP) is 4.09. The second-order valence-electron chi connectivity index (χ2n) is 4.57. The third kappa shape index (κ3) is 3.90. The van der Waals surface area contributed by atoms with Crippen LogP contribution in [0.4, 0.5) is 0 Å². The van der Waals surface area contributed by atoms with E-state index in [2.05, 4.69) is 22.6 Å². The third-order valence-corrected chi connectivity index (χ3v) is 5.51. The van der Waals surface area contributed by atoms with Gasteiger partial charge in [-0.3, -0.25) is 4.21 Å². The van der Waals surface area contributed by atoms with Crippen LogP contribution in [0, 0.1) is 10.5 Å². The van der Waals surface area contributed by atoms with Crippen molar-refractivity contribution in [2.24, 2.45) is 0 Å². The lowest BCUT2D eigenvalue weighted by atomic mass is 10.1. The number of methoxy groups -OCH3 is 1. The minimum Gasteiger partial charge on any atom is -0.376 e. The molecule has 0 saturated carbocycles. The minimum atomic E-state index is -1.06. The topological polar surface area (TPSA) is 26.3 Å². The number of aryl methyl sites for hydroxylation is 1. The van der Waals surface area contributed by atoms with E-state index >= 15 is 0 Å². The summed E-state index contributed by atoms with van der Waals surface area (Å²) in [5.41, 5.74) is 2.27. The molecular weight excluding hydrogens is 383 g/mol. The van der Waals surface area contributed by atoms with E-state index in [-0.39, 0.29) is 6.10 Å². The van der Waals surface area contributed by atoms with Gasteiger partial charge in [-0.1, -0.05) is 35.9 Å². The van der Waals surface area contributed by atoms with Crippen LogP contribution in [0.15, 0.2) is 53.4 Å². The summed E-state index contributed by atoms with van der Waals surface area (Å²) in [7, 11) is 0.608. The van der Waals surface area contributed by atoms with Crippen molar-refractivity contribution in [3.05, 3.63) is 63.2 Å². The molecule has 0 spiro atoms. The maximum Gasteiger partial charge on any atom is 0.0950 e. The molecular formula is C16H17IO2S. The fourth-order valence-electron chi connectivity index (χ4n) is 1.94. The highest BCUT2D eigenvalue weighted by Crippen LogP contribution is 2.24. The predicted molar refractivity (Wildman–Crippen MR) is 91.4 cm³/mol. The summed E-state index contributed by atoms with van der Waals surface area (Å²) in [5, 5.41) is 0. The molecule has 0 aromatic heterocycles. The zero-order chi connectivity index (χ0) is 14.5. The number of ether oxygens (including phenoxy) is 1. The minimum absolute atomic E-state index is 0.148. The molecule has 0 N–H and O–H groups in total. The summed E-state index contributed by atoms with van der Waals surface area (Å²) in [5.74, 6) is 0.472. The highest BCUT2D eigenvalue weighted by Gasteiger charge is 2.17. The van der Waals surface area contributed by atoms with Crippen LogP contribution in [-0.4, -0.2) is 17.1 Å². The molecule has 2 aromatic rings. The van der Waals surface area contributed by atoms with Crippen molar-refractivity contribution in [3.8, 4) is 0 Å². The Balaban J connectivity index is 2.16. The van der Waals surface area contributed by atoms with E-state index in [9.17, 15) is 4.21 Å². The van der Waals surface area contributed by atoms with E-state index in [1.165, 1.54) is 5.56 Å². The Kier molecular flexibility index (Phi) is 5.74. The second kappa shape index (κ2) is 7.33. The van der Waals surface area contributed by atoms with Crippen molar-refractivity contribution in [2.45, 2.75) is 17.9 Å². The molecule has 2 atom stereocenters. The van der Waals surface area contributed by atoms with E-state index in [4.69, 9.17) is 4.74 Å². The molecule has 0 heterocycles. The summed E-state index contributed by atoms with van der Waals surface area (Å²) in [6, 6.07) is 15.9. The maximum atomic E-state index is 12.4. The van der Waals surface area contributed by atoms with Crippen LogP contribution in [-0.2, 0) is 15.5 Å². The van der Waals surface area contributed by atoms with E-state index in [1.807, 2.05) is 55.5 Å². The van der Waals surface area contributed by atoms with Crippen LogP contribution < -0.4 is 0 Å². The van der Waals surface area contributed by atoms with E-state index in [0.717, 1.165) is 14.0 Å². The van der Waals surface area contributed by atoms with E-state index in [0.29, 0.717) is 5.75 Å². The van der Waals surface area contributed by atoms with Crippen molar-refractivity contribution in [2.75, 3.05) is 12.9 Å². The number of hydrogen-bond donors (Lipinski definition) is 0. The zero-order valence-corrected chi connectivity index (χ0v) is 14.5. The van der Waals surface area contributed by atoms with Gasteiger partial charge in [-0.05, 0) is 53.3 Å². The lowest BCUT2D eigenvalue weighted by Gasteiger charge is -2.17. The van der Waals surface area contributed by atoms with Gasteiger partial charge in [0.25, 0.3) is 0 Å². The van der Waals surface area contributed by atoms with Crippen LogP contribution in [0.25, 0.3) is 0 Å². The highest BCUT2D eigenvalue weighted by atomic mass is 127. The van der Waals surface area contributed by atoms with Gasteiger partial charge in [0.05, 0.1) is 22.7 Å². The Morgan fingerprint density at radius 3 is 2.40 bits per heavy atom. The Labute approximate surface area is 136 Å². The standard InChI is InChI=1S/C16H17IO2S/c1-12-7-9-13(10-8-12)20(18)11-16(19-2)14-5-3-4-6-15(14)17/h3-10,16H,11H2,1-2H3/t16-,20?/m0/s1. The van der Waals surface area contributed by atoms with Crippen molar-refractivity contribution < 1.29 is 8.95 Å². The Bertz CT molecular complexity index is 596. The maximum absolute atomic E-state index is 12.4. The summed E-state index contributed by atoms with van der Waals surface area (Å²) in [6.45, 7) is 2.02. The lowest BCUT2D eigenvalue weighted by Crippen LogP contribution is -2.13. The molecule has 1 unspecified atom stereocenters. The first-order valence-electron chi connectivity index (χ1n) is 6.34. The molecule has 0 saturated heterocycles. The van der Waals surface area contributed by atoms with Crippen LogP contribution in [0.5, 0.6) is 0 Å². The first-order valence-corrected chi connectivity index (χ1v) is 8.74. The number of rotatable bonds is 5. The monoisotopic (exact) mass is 400 g/mol. The summed E-state index contributed by atoms with van der Waals surface area (Å²) >= 11 is 2.29. The first-order chi connectivity index (χ1) is 9.61. The van der Waals surface area contributed by atoms with Gasteiger partial charge in [0.15, 0.2) is 0 Å². The molecule has 0 radical (unpaired) electrons. The number of benzene rings is 2. The summed E-state index contributed by atoms with van der Waals surface area (Å²) in [6.07, 6.45) is -0.148. The fourth-order valence-corrected chi connectivity index (χ4v) is 3.90. The zero-order valence-electron chi connectivity index (χ0n) is 11.5. The van der Waals surface area contributed by atoms with Gasteiger partial charge in [0, 0.05) is 15.6 Å². The third-order valence-electron chi connectivity index (χ3n) is 3.12. The molecule has 2 aromatic carbocycles. The highest BCUT2D eigenvalue weighted by molar-refractivity contribution is 14.1. The van der Waals surface area contributed by atoms with Gasteiger partial charge in [0.2, 0.25) is 0 Å². The smallest absolute Gasteiger partial charge is 0.0950 e. The summed E-state index contributed by atoms with van der Waals surface area (Å²) < 4.78 is 19.1. The first kappa shape index (κ1) is 15.7. The molecule has 4 heteroatoms. The molecule has 0 aliphatic heterocycles. The molecule has 106 valence electrons. The van der Waals surface area contributed by atoms with Crippen molar-refractivity contribution in [3.63, 3.8) is 0 Å². The van der Waals surface area contributed by atoms with Crippen LogP contribution in [0.2, 0.25) is 0 Å². The van der Waals surface area contributed by atoms with E-state index in [1.54, 1.807) is 7.11 Å². The van der Waals surface area contributed by atoms with Crippen molar-refractivity contribution in [1.82, 2.24) is 0 Å². The normalized spacial score (nSPS) is 13.9. The van der Waals surface area contributed by atoms with Gasteiger partial charge in [0.1, 0.15) is 0 Å². The van der Waals surface area contributed by atoms with Gasteiger partial charge >= 0.3 is 0 Å². The average Bonchev–Trinajstić information content (AvgIpc) is 2.46. The van der Waals surface area contributed by atoms with E-state index < -0.39 is 10.8 Å². The van der Waals surface area contributed by atoms with Gasteiger partial charge in [-0.25, -0.2) is 0 Å². The van der Waals surface area contributed by atoms with Gasteiger partial charge < -0.3 is 4.74 Å². The quantitative estimate of drug-likeness (QED) is 0.707. The molecule has 0 aliphatic carbocycles. The second-order valence-corrected chi connectivity index (χ2v) is 7.23. The largest absolute Gasteiger partial charge is 0.376 e. The molecule has 0 bridgehead atoms. The Morgan fingerprint density at radius 1 is 1.15 bits per heavy atom. The molecule has 0 amide bonds. The lowest BCUT2D eigenvalue weighted by molar-refractivity contribution is 0.122. The molecule has 20 heavy (non-hydrogen) atoms. The summed E-state index contributed by atoms with van der Waals surface area (Å²) in [4.78, 5) is 0.851. The molecule has 2 rings (SSSR count).